The number of anilines is 1. The maximum absolute atomic E-state index is 13.5. The number of alkyl carbamates (subject to hydrolysis) is 2. The minimum atomic E-state index is -0.933. The van der Waals surface area contributed by atoms with Crippen LogP contribution in [0.1, 0.15) is 62.6 Å². The molecule has 1 aliphatic carbocycles. The van der Waals surface area contributed by atoms with E-state index in [-0.39, 0.29) is 18.9 Å². The first kappa shape index (κ1) is 32.3. The summed E-state index contributed by atoms with van der Waals surface area (Å²) in [6.45, 7) is 7.62. The van der Waals surface area contributed by atoms with E-state index in [1.54, 1.807) is 39.0 Å². The normalized spacial score (nSPS) is 13.0. The van der Waals surface area contributed by atoms with Gasteiger partial charge < -0.3 is 29.8 Å². The molecule has 1 atom stereocenters. The van der Waals surface area contributed by atoms with Crippen LogP contribution in [0.2, 0.25) is 0 Å². The van der Waals surface area contributed by atoms with Gasteiger partial charge >= 0.3 is 17.8 Å². The van der Waals surface area contributed by atoms with Gasteiger partial charge in [-0.1, -0.05) is 48.5 Å². The highest BCUT2D eigenvalue weighted by atomic mass is 16.6. The molecule has 1 heterocycles. The number of nitrogens with one attached hydrogen (secondary N) is 3. The Morgan fingerprint density at radius 2 is 1.57 bits per heavy atom. The van der Waals surface area contributed by atoms with Crippen molar-refractivity contribution in [3.05, 3.63) is 99.9 Å². The van der Waals surface area contributed by atoms with E-state index in [1.807, 2.05) is 43.3 Å². The summed E-state index contributed by atoms with van der Waals surface area (Å²) in [4.78, 5) is 50.5. The molecule has 0 spiro atoms. The molecule has 240 valence electrons. The molecule has 3 N–H and O–H groups in total. The number of rotatable bonds is 10. The summed E-state index contributed by atoms with van der Waals surface area (Å²) >= 11 is 0. The molecule has 3 amide bonds. The maximum Gasteiger partial charge on any atom is 0.407 e. The maximum atomic E-state index is 13.5. The Kier molecular flexibility index (Phi) is 9.75. The summed E-state index contributed by atoms with van der Waals surface area (Å²) < 4.78 is 16.3. The fourth-order valence-electron chi connectivity index (χ4n) is 5.66. The molecule has 0 bridgehead atoms. The monoisotopic (exact) mass is 625 g/mol. The number of aryl methyl sites for hydroxylation is 1. The van der Waals surface area contributed by atoms with Crippen LogP contribution >= 0.6 is 0 Å². The zero-order valence-corrected chi connectivity index (χ0v) is 26.5. The van der Waals surface area contributed by atoms with Crippen LogP contribution in [0, 0.1) is 6.92 Å². The van der Waals surface area contributed by atoms with E-state index in [1.165, 1.54) is 6.07 Å². The average Bonchev–Trinajstić information content (AvgIpc) is 3.31. The Labute approximate surface area is 267 Å². The third-order valence-corrected chi connectivity index (χ3v) is 7.76. The molecule has 4 aromatic rings. The minimum Gasteiger partial charge on any atom is -0.449 e. The molecule has 10 heteroatoms. The summed E-state index contributed by atoms with van der Waals surface area (Å²) in [5.41, 5.74) is 4.83. The van der Waals surface area contributed by atoms with Gasteiger partial charge in [0.1, 0.15) is 23.8 Å². The SMILES string of the molecule is Cc1cc(=O)oc2cc(NC(=O)C(CCCCNC(=O)OC(C)(C)C)NC(=O)OCC3c4ccccc4-c4ccccc43)ccc12. The zero-order chi connectivity index (χ0) is 32.8. The third kappa shape index (κ3) is 7.93. The Hall–Kier alpha value is -5.12. The van der Waals surface area contributed by atoms with Crippen molar-refractivity contribution in [2.75, 3.05) is 18.5 Å². The molecule has 46 heavy (non-hydrogen) atoms. The lowest BCUT2D eigenvalue weighted by molar-refractivity contribution is -0.118. The smallest absolute Gasteiger partial charge is 0.407 e. The first-order valence-electron chi connectivity index (χ1n) is 15.4. The molecule has 0 radical (unpaired) electrons. The van der Waals surface area contributed by atoms with Gasteiger partial charge in [-0.3, -0.25) is 4.79 Å². The topological polar surface area (TPSA) is 136 Å². The van der Waals surface area contributed by atoms with Gasteiger partial charge in [-0.2, -0.15) is 0 Å². The van der Waals surface area contributed by atoms with Crippen LogP contribution in [-0.2, 0) is 14.3 Å². The van der Waals surface area contributed by atoms with E-state index in [4.69, 9.17) is 13.9 Å². The average molecular weight is 626 g/mol. The van der Waals surface area contributed by atoms with Gasteiger partial charge in [0.15, 0.2) is 0 Å². The van der Waals surface area contributed by atoms with Crippen molar-refractivity contribution in [2.45, 2.75) is 64.5 Å². The number of carbonyl (C=O) groups excluding carboxylic acids is 3. The fourth-order valence-corrected chi connectivity index (χ4v) is 5.66. The fraction of sp³-hybridized carbons (Fsp3) is 0.333. The molecule has 0 fully saturated rings. The van der Waals surface area contributed by atoms with E-state index in [9.17, 15) is 19.2 Å². The van der Waals surface area contributed by atoms with Gasteiger partial charge in [0.05, 0.1) is 0 Å². The number of hydrogen-bond acceptors (Lipinski definition) is 7. The van der Waals surface area contributed by atoms with Crippen molar-refractivity contribution >= 4 is 34.8 Å². The molecule has 3 aromatic carbocycles. The molecule has 0 saturated carbocycles. The van der Waals surface area contributed by atoms with Gasteiger partial charge in [-0.05, 0) is 86.9 Å². The van der Waals surface area contributed by atoms with Crippen molar-refractivity contribution in [1.82, 2.24) is 10.6 Å². The lowest BCUT2D eigenvalue weighted by Gasteiger charge is -2.21. The van der Waals surface area contributed by atoms with Gasteiger partial charge in [0.2, 0.25) is 5.91 Å². The lowest BCUT2D eigenvalue weighted by Crippen LogP contribution is -2.44. The molecule has 1 aromatic heterocycles. The predicted octanol–water partition coefficient (Wildman–Crippen LogP) is 6.64. The number of ether oxygens (including phenoxy) is 2. The van der Waals surface area contributed by atoms with Crippen molar-refractivity contribution in [2.24, 2.45) is 0 Å². The van der Waals surface area contributed by atoms with Crippen LogP contribution in [0.3, 0.4) is 0 Å². The third-order valence-electron chi connectivity index (χ3n) is 7.76. The predicted molar refractivity (Wildman–Crippen MR) is 176 cm³/mol. The number of fused-ring (bicyclic) bond motifs is 4. The second-order valence-electron chi connectivity index (χ2n) is 12.4. The molecule has 5 rings (SSSR count). The summed E-state index contributed by atoms with van der Waals surface area (Å²) in [5.74, 6) is -0.581. The Morgan fingerprint density at radius 3 is 2.24 bits per heavy atom. The molecular formula is C36H39N3O7. The van der Waals surface area contributed by atoms with E-state index in [2.05, 4.69) is 28.1 Å². The summed E-state index contributed by atoms with van der Waals surface area (Å²) in [7, 11) is 0. The zero-order valence-electron chi connectivity index (χ0n) is 26.5. The van der Waals surface area contributed by atoms with Crippen molar-refractivity contribution in [3.8, 4) is 11.1 Å². The van der Waals surface area contributed by atoms with E-state index in [0.717, 1.165) is 33.2 Å². The standard InChI is InChI=1S/C36H39N3O7/c1-22-19-32(40)45-31-20-23(16-17-24(22)31)38-33(41)30(15-9-10-18-37-34(42)46-36(2,3)4)39-35(43)44-21-29-27-13-7-5-11-25(27)26-12-6-8-14-28(26)29/h5-8,11-14,16-17,19-20,29-30H,9-10,15,18,21H2,1-4H3,(H,37,42)(H,38,41)(H,39,43). The van der Waals surface area contributed by atoms with E-state index >= 15 is 0 Å². The largest absolute Gasteiger partial charge is 0.449 e. The molecule has 0 aliphatic heterocycles. The van der Waals surface area contributed by atoms with Crippen LogP contribution in [0.4, 0.5) is 15.3 Å². The minimum absolute atomic E-state index is 0.108. The summed E-state index contributed by atoms with van der Waals surface area (Å²) in [6.07, 6.45) is 0.123. The van der Waals surface area contributed by atoms with Crippen LogP contribution < -0.4 is 21.6 Å². The van der Waals surface area contributed by atoms with Crippen molar-refractivity contribution < 1.29 is 28.3 Å². The van der Waals surface area contributed by atoms with Gasteiger partial charge in [-0.15, -0.1) is 0 Å². The molecule has 10 nitrogen and oxygen atoms in total. The van der Waals surface area contributed by atoms with Gasteiger partial charge in [0.25, 0.3) is 0 Å². The number of benzene rings is 3. The van der Waals surface area contributed by atoms with Gasteiger partial charge in [-0.25, -0.2) is 14.4 Å². The second-order valence-corrected chi connectivity index (χ2v) is 12.4. The molecular weight excluding hydrogens is 586 g/mol. The Morgan fingerprint density at radius 1 is 0.891 bits per heavy atom. The summed E-state index contributed by atoms with van der Waals surface area (Å²) in [5, 5.41) is 9.02. The number of unbranched alkanes of at least 4 members (excludes halogenated alkanes) is 1. The van der Waals surface area contributed by atoms with Crippen LogP contribution in [-0.4, -0.2) is 42.9 Å². The van der Waals surface area contributed by atoms with Crippen LogP contribution in [0.25, 0.3) is 22.1 Å². The Bertz CT molecular complexity index is 1760. The number of carbonyl (C=O) groups is 3. The van der Waals surface area contributed by atoms with E-state index in [0.29, 0.717) is 30.7 Å². The highest BCUT2D eigenvalue weighted by Gasteiger charge is 2.30. The number of hydrogen-bond donors (Lipinski definition) is 3. The Balaban J connectivity index is 1.24. The highest BCUT2D eigenvalue weighted by molar-refractivity contribution is 5.98. The van der Waals surface area contributed by atoms with Gasteiger partial charge in [0, 0.05) is 35.7 Å². The number of amides is 3. The lowest BCUT2D eigenvalue weighted by atomic mass is 9.98. The molecule has 1 unspecified atom stereocenters. The summed E-state index contributed by atoms with van der Waals surface area (Å²) in [6, 6.07) is 21.6. The van der Waals surface area contributed by atoms with Crippen LogP contribution in [0.15, 0.2) is 82.0 Å². The molecule has 1 aliphatic rings. The van der Waals surface area contributed by atoms with Crippen molar-refractivity contribution in [1.29, 1.82) is 0 Å². The van der Waals surface area contributed by atoms with E-state index < -0.39 is 35.4 Å². The molecule has 0 saturated heterocycles. The second kappa shape index (κ2) is 13.9. The quantitative estimate of drug-likeness (QED) is 0.133. The van der Waals surface area contributed by atoms with Crippen LogP contribution in [0.5, 0.6) is 0 Å². The first-order chi connectivity index (χ1) is 22.0. The first-order valence-corrected chi connectivity index (χ1v) is 15.4. The highest BCUT2D eigenvalue weighted by Crippen LogP contribution is 2.44. The van der Waals surface area contributed by atoms with Crippen molar-refractivity contribution in [3.63, 3.8) is 0 Å².